The van der Waals surface area contributed by atoms with Gasteiger partial charge in [-0.3, -0.25) is 9.59 Å². The number of hydrogen-bond donors (Lipinski definition) is 1. The third-order valence-electron chi connectivity index (χ3n) is 2.60. The Morgan fingerprint density at radius 3 is 2.53 bits per heavy atom. The molecular weight excluding hydrogens is 249 g/mol. The van der Waals surface area contributed by atoms with Crippen LogP contribution in [0.2, 0.25) is 0 Å². The molecule has 1 fully saturated rings. The molecule has 1 aromatic carbocycles. The average molecular weight is 265 g/mol. The van der Waals surface area contributed by atoms with Crippen LogP contribution in [0.3, 0.4) is 0 Å². The lowest BCUT2D eigenvalue weighted by Gasteiger charge is -1.99. The molecule has 0 radical (unpaired) electrons. The minimum atomic E-state index is -1.37. The first-order valence-electron chi connectivity index (χ1n) is 5.82. The van der Waals surface area contributed by atoms with Crippen molar-refractivity contribution in [2.24, 2.45) is 5.92 Å². The Bertz CT molecular complexity index is 422. The smallest absolute Gasteiger partial charge is 0.293 e. The molecule has 0 saturated carbocycles. The fourth-order valence-electron chi connectivity index (χ4n) is 1.52. The summed E-state index contributed by atoms with van der Waals surface area (Å²) in [5, 5.41) is 2.39. The largest absolute Gasteiger partial charge is 0.463 e. The Morgan fingerprint density at radius 1 is 1.42 bits per heavy atom. The van der Waals surface area contributed by atoms with Crippen molar-refractivity contribution in [3.8, 4) is 0 Å². The predicted octanol–water partition coefficient (Wildman–Crippen LogP) is 1.62. The van der Waals surface area contributed by atoms with Gasteiger partial charge in [0, 0.05) is 12.5 Å². The van der Waals surface area contributed by atoms with Gasteiger partial charge >= 0.3 is 0 Å². The van der Waals surface area contributed by atoms with Gasteiger partial charge in [0.05, 0.1) is 0 Å². The first-order chi connectivity index (χ1) is 9.19. The molecular formula is C14H16FNO3. The van der Waals surface area contributed by atoms with Crippen molar-refractivity contribution in [2.45, 2.75) is 12.8 Å². The van der Waals surface area contributed by atoms with Crippen LogP contribution in [0.5, 0.6) is 0 Å². The fourth-order valence-corrected chi connectivity index (χ4v) is 1.52. The monoisotopic (exact) mass is 265 g/mol. The molecule has 2 rings (SSSR count). The van der Waals surface area contributed by atoms with E-state index in [0.717, 1.165) is 5.56 Å². The first-order valence-corrected chi connectivity index (χ1v) is 5.82. The lowest BCUT2D eigenvalue weighted by Crippen LogP contribution is -2.20. The van der Waals surface area contributed by atoms with Crippen LogP contribution in [0.4, 0.5) is 4.39 Å². The highest BCUT2D eigenvalue weighted by Gasteiger charge is 2.31. The van der Waals surface area contributed by atoms with Crippen molar-refractivity contribution < 1.29 is 18.7 Å². The maximum absolute atomic E-state index is 12.5. The van der Waals surface area contributed by atoms with Crippen molar-refractivity contribution in [3.63, 3.8) is 0 Å². The summed E-state index contributed by atoms with van der Waals surface area (Å²) < 4.78 is 17.0. The SMILES string of the molecule is C=CC1CNC(=O)C1F.O=COCc1ccccc1. The number of nitrogens with one attached hydrogen (secondary N) is 1. The van der Waals surface area contributed by atoms with Gasteiger partial charge in [-0.2, -0.15) is 0 Å². The van der Waals surface area contributed by atoms with E-state index in [-0.39, 0.29) is 5.92 Å². The summed E-state index contributed by atoms with van der Waals surface area (Å²) in [5.74, 6) is -0.836. The molecule has 0 aromatic heterocycles. The van der Waals surface area contributed by atoms with E-state index >= 15 is 0 Å². The van der Waals surface area contributed by atoms with Gasteiger partial charge in [0.25, 0.3) is 12.4 Å². The molecule has 4 nitrogen and oxygen atoms in total. The van der Waals surface area contributed by atoms with Crippen molar-refractivity contribution in [1.82, 2.24) is 5.32 Å². The van der Waals surface area contributed by atoms with E-state index in [1.54, 1.807) is 0 Å². The minimum absolute atomic E-state index is 0.322. The third-order valence-corrected chi connectivity index (χ3v) is 2.60. The normalized spacial score (nSPS) is 20.8. The summed E-state index contributed by atoms with van der Waals surface area (Å²) >= 11 is 0. The van der Waals surface area contributed by atoms with Crippen LogP contribution in [-0.2, 0) is 20.9 Å². The molecule has 5 heteroatoms. The van der Waals surface area contributed by atoms with Crippen LogP contribution in [-0.4, -0.2) is 25.1 Å². The highest BCUT2D eigenvalue weighted by atomic mass is 19.1. The van der Waals surface area contributed by atoms with Gasteiger partial charge in [-0.1, -0.05) is 36.4 Å². The van der Waals surface area contributed by atoms with Gasteiger partial charge in [-0.05, 0) is 5.56 Å². The summed E-state index contributed by atoms with van der Waals surface area (Å²) in [7, 11) is 0. The van der Waals surface area contributed by atoms with Crippen molar-refractivity contribution in [2.75, 3.05) is 6.54 Å². The number of ether oxygens (including phenoxy) is 1. The number of amides is 1. The first kappa shape index (κ1) is 14.9. The van der Waals surface area contributed by atoms with Crippen LogP contribution < -0.4 is 5.32 Å². The van der Waals surface area contributed by atoms with Crippen molar-refractivity contribution in [3.05, 3.63) is 48.6 Å². The molecule has 0 bridgehead atoms. The Labute approximate surface area is 111 Å². The molecule has 1 amide bonds. The molecule has 2 atom stereocenters. The topological polar surface area (TPSA) is 55.4 Å². The molecule has 2 unspecified atom stereocenters. The zero-order chi connectivity index (χ0) is 14.1. The average Bonchev–Trinajstić information content (AvgIpc) is 2.78. The molecule has 1 N–H and O–H groups in total. The summed E-state index contributed by atoms with van der Waals surface area (Å²) in [6, 6.07) is 9.55. The van der Waals surface area contributed by atoms with Crippen LogP contribution in [0, 0.1) is 5.92 Å². The standard InChI is InChI=1S/C8H8O2.C6H8FNO/c9-7-10-6-8-4-2-1-3-5-8;1-2-4-3-8-6(9)5(4)7/h1-5,7H,6H2;2,4-5H,1,3H2,(H,8,9). The number of carbonyl (C=O) groups excluding carboxylic acids is 2. The number of rotatable bonds is 4. The van der Waals surface area contributed by atoms with E-state index < -0.39 is 12.1 Å². The Kier molecular flexibility index (Phi) is 6.29. The maximum atomic E-state index is 12.5. The predicted molar refractivity (Wildman–Crippen MR) is 68.9 cm³/mol. The van der Waals surface area contributed by atoms with E-state index in [1.807, 2.05) is 30.3 Å². The number of carbonyl (C=O) groups is 2. The minimum Gasteiger partial charge on any atom is -0.463 e. The van der Waals surface area contributed by atoms with Gasteiger partial charge < -0.3 is 10.1 Å². The number of alkyl halides is 1. The summed E-state index contributed by atoms with van der Waals surface area (Å²) in [5.41, 5.74) is 1.01. The third kappa shape index (κ3) is 4.91. The van der Waals surface area contributed by atoms with E-state index in [0.29, 0.717) is 19.6 Å². The lowest BCUT2D eigenvalue weighted by atomic mass is 10.1. The lowest BCUT2D eigenvalue weighted by molar-refractivity contribution is -0.129. The fraction of sp³-hybridized carbons (Fsp3) is 0.286. The number of benzene rings is 1. The highest BCUT2D eigenvalue weighted by molar-refractivity contribution is 5.83. The molecule has 1 aliphatic heterocycles. The zero-order valence-electron chi connectivity index (χ0n) is 10.4. The second kappa shape index (κ2) is 8.02. The summed E-state index contributed by atoms with van der Waals surface area (Å²) in [4.78, 5) is 20.2. The number of halogens is 1. The van der Waals surface area contributed by atoms with E-state index in [1.165, 1.54) is 6.08 Å². The number of hydrogen-bond acceptors (Lipinski definition) is 3. The molecule has 1 heterocycles. The highest BCUT2D eigenvalue weighted by Crippen LogP contribution is 2.13. The van der Waals surface area contributed by atoms with E-state index in [2.05, 4.69) is 16.6 Å². The van der Waals surface area contributed by atoms with Gasteiger partial charge in [-0.15, -0.1) is 6.58 Å². The zero-order valence-corrected chi connectivity index (χ0v) is 10.4. The van der Waals surface area contributed by atoms with E-state index in [9.17, 15) is 14.0 Å². The quantitative estimate of drug-likeness (QED) is 0.665. The molecule has 0 aliphatic carbocycles. The Balaban J connectivity index is 0.000000191. The van der Waals surface area contributed by atoms with E-state index in [4.69, 9.17) is 0 Å². The molecule has 1 saturated heterocycles. The van der Waals surface area contributed by atoms with Gasteiger partial charge in [0.15, 0.2) is 6.17 Å². The second-order valence-electron chi connectivity index (χ2n) is 3.94. The Morgan fingerprint density at radius 2 is 2.11 bits per heavy atom. The van der Waals surface area contributed by atoms with Crippen molar-refractivity contribution >= 4 is 12.4 Å². The van der Waals surface area contributed by atoms with Crippen LogP contribution in [0.15, 0.2) is 43.0 Å². The molecule has 19 heavy (non-hydrogen) atoms. The second-order valence-corrected chi connectivity index (χ2v) is 3.94. The van der Waals surface area contributed by atoms with Crippen LogP contribution in [0.25, 0.3) is 0 Å². The van der Waals surface area contributed by atoms with Gasteiger partial charge in [0.1, 0.15) is 6.61 Å². The molecule has 1 aromatic rings. The molecule has 102 valence electrons. The van der Waals surface area contributed by atoms with Crippen LogP contribution >= 0.6 is 0 Å². The molecule has 0 spiro atoms. The van der Waals surface area contributed by atoms with Crippen LogP contribution in [0.1, 0.15) is 5.56 Å². The summed E-state index contributed by atoms with van der Waals surface area (Å²) in [6.07, 6.45) is 0.0882. The Hall–Kier alpha value is -2.17. The van der Waals surface area contributed by atoms with Crippen molar-refractivity contribution in [1.29, 1.82) is 0 Å². The summed E-state index contributed by atoms with van der Waals surface area (Å²) in [6.45, 7) is 4.60. The maximum Gasteiger partial charge on any atom is 0.293 e. The van der Waals surface area contributed by atoms with Gasteiger partial charge in [0.2, 0.25) is 0 Å². The van der Waals surface area contributed by atoms with Gasteiger partial charge in [-0.25, -0.2) is 4.39 Å². The molecule has 1 aliphatic rings.